The van der Waals surface area contributed by atoms with Crippen LogP contribution in [0.4, 0.5) is 0 Å². The van der Waals surface area contributed by atoms with E-state index in [1.165, 1.54) is 3.57 Å². The molecule has 0 aliphatic carbocycles. The van der Waals surface area contributed by atoms with E-state index in [1.807, 2.05) is 18.2 Å². The molecule has 2 nitrogen and oxygen atoms in total. The van der Waals surface area contributed by atoms with Gasteiger partial charge in [-0.15, -0.1) is 0 Å². The summed E-state index contributed by atoms with van der Waals surface area (Å²) in [5.74, 6) is 0. The van der Waals surface area contributed by atoms with Gasteiger partial charge < -0.3 is 4.52 Å². The van der Waals surface area contributed by atoms with E-state index in [4.69, 9.17) is 4.52 Å². The van der Waals surface area contributed by atoms with Gasteiger partial charge in [-0.2, -0.15) is 0 Å². The van der Waals surface area contributed by atoms with Crippen molar-refractivity contribution in [1.82, 2.24) is 5.16 Å². The van der Waals surface area contributed by atoms with Crippen LogP contribution in [-0.4, -0.2) is 5.16 Å². The minimum absolute atomic E-state index is 0.860. The minimum atomic E-state index is 0.860. The fourth-order valence-electron chi connectivity index (χ4n) is 1.06. The molecule has 0 saturated carbocycles. The Morgan fingerprint density at radius 3 is 2.77 bits per heavy atom. The first kappa shape index (κ1) is 9.21. The van der Waals surface area contributed by atoms with E-state index in [1.54, 1.807) is 6.26 Å². The number of hydrogen-bond donors (Lipinski definition) is 0. The van der Waals surface area contributed by atoms with Crippen molar-refractivity contribution < 1.29 is 4.52 Å². The van der Waals surface area contributed by atoms with E-state index < -0.39 is 0 Å². The normalized spacial score (nSPS) is 10.3. The molecule has 13 heavy (non-hydrogen) atoms. The van der Waals surface area contributed by atoms with Crippen LogP contribution in [0.15, 0.2) is 39.5 Å². The zero-order valence-corrected chi connectivity index (χ0v) is 10.2. The Hall–Kier alpha value is -0.360. The van der Waals surface area contributed by atoms with Crippen molar-refractivity contribution in [2.45, 2.75) is 0 Å². The molecule has 1 heterocycles. The van der Waals surface area contributed by atoms with E-state index in [2.05, 4.69) is 49.7 Å². The van der Waals surface area contributed by atoms with Crippen LogP contribution in [0.5, 0.6) is 0 Å². The summed E-state index contributed by atoms with van der Waals surface area (Å²) < 4.78 is 7.01. The maximum atomic E-state index is 4.78. The molecule has 0 spiro atoms. The third kappa shape index (κ3) is 2.11. The number of rotatable bonds is 1. The first-order valence-corrected chi connectivity index (χ1v) is 5.50. The van der Waals surface area contributed by atoms with Gasteiger partial charge in [0.25, 0.3) is 0 Å². The number of benzene rings is 1. The SMILES string of the molecule is Brc1cc(I)cc(-c2ccon2)c1. The zero-order valence-electron chi connectivity index (χ0n) is 6.50. The molecule has 2 rings (SSSR count). The summed E-state index contributed by atoms with van der Waals surface area (Å²) in [7, 11) is 0. The van der Waals surface area contributed by atoms with E-state index >= 15 is 0 Å². The van der Waals surface area contributed by atoms with Crippen LogP contribution in [-0.2, 0) is 0 Å². The lowest BCUT2D eigenvalue weighted by molar-refractivity contribution is 0.422. The van der Waals surface area contributed by atoms with Crippen molar-refractivity contribution in [3.8, 4) is 11.3 Å². The first-order valence-electron chi connectivity index (χ1n) is 3.62. The van der Waals surface area contributed by atoms with Crippen LogP contribution in [0.2, 0.25) is 0 Å². The van der Waals surface area contributed by atoms with Gasteiger partial charge in [0.05, 0.1) is 0 Å². The molecule has 0 amide bonds. The molecular weight excluding hydrogens is 345 g/mol. The van der Waals surface area contributed by atoms with Crippen LogP contribution >= 0.6 is 38.5 Å². The van der Waals surface area contributed by atoms with Gasteiger partial charge in [0.1, 0.15) is 12.0 Å². The standard InChI is InChI=1S/C9H5BrINO/c10-7-3-6(4-8(11)5-7)9-1-2-13-12-9/h1-5H. The molecule has 0 fully saturated rings. The molecule has 0 unspecified atom stereocenters. The monoisotopic (exact) mass is 349 g/mol. The molecule has 4 heteroatoms. The van der Waals surface area contributed by atoms with Gasteiger partial charge in [0.2, 0.25) is 0 Å². The Balaban J connectivity index is 2.53. The predicted octanol–water partition coefficient (Wildman–Crippen LogP) is 3.71. The van der Waals surface area contributed by atoms with E-state index in [-0.39, 0.29) is 0 Å². The van der Waals surface area contributed by atoms with Gasteiger partial charge in [-0.25, -0.2) is 0 Å². The highest BCUT2D eigenvalue weighted by Gasteiger charge is 2.02. The topological polar surface area (TPSA) is 26.0 Å². The van der Waals surface area contributed by atoms with Gasteiger partial charge >= 0.3 is 0 Å². The molecule has 0 N–H and O–H groups in total. The van der Waals surface area contributed by atoms with Gasteiger partial charge in [0.15, 0.2) is 0 Å². The summed E-state index contributed by atoms with van der Waals surface area (Å²) in [6.45, 7) is 0. The molecule has 0 radical (unpaired) electrons. The van der Waals surface area contributed by atoms with Crippen LogP contribution in [0.25, 0.3) is 11.3 Å². The molecule has 1 aromatic heterocycles. The molecular formula is C9H5BrINO. The fourth-order valence-corrected chi connectivity index (χ4v) is 2.66. The maximum Gasteiger partial charge on any atom is 0.124 e. The van der Waals surface area contributed by atoms with Gasteiger partial charge in [-0.1, -0.05) is 21.1 Å². The Kier molecular flexibility index (Phi) is 2.69. The average molecular weight is 350 g/mol. The van der Waals surface area contributed by atoms with Crippen molar-refractivity contribution in [1.29, 1.82) is 0 Å². The third-order valence-corrected chi connectivity index (χ3v) is 2.68. The van der Waals surface area contributed by atoms with Crippen LogP contribution in [0.3, 0.4) is 0 Å². The Morgan fingerprint density at radius 1 is 1.31 bits per heavy atom. The molecule has 66 valence electrons. The first-order chi connectivity index (χ1) is 6.25. The lowest BCUT2D eigenvalue weighted by atomic mass is 10.2. The van der Waals surface area contributed by atoms with Crippen molar-refractivity contribution in [2.75, 3.05) is 0 Å². The Bertz CT molecular complexity index is 393. The number of nitrogens with zero attached hydrogens (tertiary/aromatic N) is 1. The van der Waals surface area contributed by atoms with Crippen molar-refractivity contribution >= 4 is 38.5 Å². The molecule has 2 aromatic rings. The van der Waals surface area contributed by atoms with Crippen LogP contribution in [0, 0.1) is 3.57 Å². The molecule has 0 aliphatic rings. The molecule has 0 aliphatic heterocycles. The van der Waals surface area contributed by atoms with E-state index in [9.17, 15) is 0 Å². The van der Waals surface area contributed by atoms with Gasteiger partial charge in [0, 0.05) is 19.7 Å². The number of hydrogen-bond acceptors (Lipinski definition) is 2. The minimum Gasteiger partial charge on any atom is -0.364 e. The average Bonchev–Trinajstić information content (AvgIpc) is 2.53. The second kappa shape index (κ2) is 3.79. The largest absolute Gasteiger partial charge is 0.364 e. The molecule has 0 atom stereocenters. The predicted molar refractivity (Wildman–Crippen MR) is 62.4 cm³/mol. The van der Waals surface area contributed by atoms with Crippen molar-refractivity contribution in [3.63, 3.8) is 0 Å². The van der Waals surface area contributed by atoms with E-state index in [0.717, 1.165) is 15.7 Å². The summed E-state index contributed by atoms with van der Waals surface area (Å²) in [6, 6.07) is 7.96. The summed E-state index contributed by atoms with van der Waals surface area (Å²) in [4.78, 5) is 0. The van der Waals surface area contributed by atoms with Crippen molar-refractivity contribution in [3.05, 3.63) is 38.6 Å². The summed E-state index contributed by atoms with van der Waals surface area (Å²) in [5, 5.41) is 3.87. The third-order valence-electron chi connectivity index (χ3n) is 1.60. The maximum absolute atomic E-state index is 4.78. The van der Waals surface area contributed by atoms with Crippen LogP contribution in [0.1, 0.15) is 0 Å². The highest BCUT2D eigenvalue weighted by atomic mass is 127. The lowest BCUT2D eigenvalue weighted by Gasteiger charge is -1.98. The van der Waals surface area contributed by atoms with Gasteiger partial charge in [-0.05, 0) is 40.8 Å². The highest BCUT2D eigenvalue weighted by Crippen LogP contribution is 2.24. The summed E-state index contributed by atoms with van der Waals surface area (Å²) in [6.07, 6.45) is 1.57. The lowest BCUT2D eigenvalue weighted by Crippen LogP contribution is -1.79. The van der Waals surface area contributed by atoms with Crippen LogP contribution < -0.4 is 0 Å². The number of aromatic nitrogens is 1. The molecule has 1 aromatic carbocycles. The zero-order chi connectivity index (χ0) is 9.26. The fraction of sp³-hybridized carbons (Fsp3) is 0. The smallest absolute Gasteiger partial charge is 0.124 e. The summed E-state index contributed by atoms with van der Waals surface area (Å²) >= 11 is 5.70. The Labute approximate surface area is 97.6 Å². The van der Waals surface area contributed by atoms with Gasteiger partial charge in [-0.3, -0.25) is 0 Å². The second-order valence-corrected chi connectivity index (χ2v) is 4.70. The van der Waals surface area contributed by atoms with E-state index in [0.29, 0.717) is 0 Å². The van der Waals surface area contributed by atoms with Crippen molar-refractivity contribution in [2.24, 2.45) is 0 Å². The quantitative estimate of drug-likeness (QED) is 0.733. The highest BCUT2D eigenvalue weighted by molar-refractivity contribution is 14.1. The molecule has 0 bridgehead atoms. The second-order valence-electron chi connectivity index (χ2n) is 2.54. The molecule has 0 saturated heterocycles. The number of halogens is 2. The Morgan fingerprint density at radius 2 is 2.15 bits per heavy atom. The summed E-state index contributed by atoms with van der Waals surface area (Å²) in [5.41, 5.74) is 1.92.